The number of nitrogens with zero attached hydrogens (tertiary/aromatic N) is 2. The van der Waals surface area contributed by atoms with E-state index in [9.17, 15) is 9.59 Å². The smallest absolute Gasteiger partial charge is 0.326 e. The molecule has 17 heavy (non-hydrogen) atoms. The van der Waals surface area contributed by atoms with Crippen LogP contribution < -0.4 is 5.56 Å². The van der Waals surface area contributed by atoms with Gasteiger partial charge in [0.15, 0.2) is 0 Å². The number of hydrogen-bond donors (Lipinski definition) is 1. The first-order valence-electron chi connectivity index (χ1n) is 5.23. The molecule has 0 aliphatic carbocycles. The number of aromatic nitrogens is 2. The molecule has 0 spiro atoms. The Morgan fingerprint density at radius 3 is 2.71 bits per heavy atom. The van der Waals surface area contributed by atoms with Crippen LogP contribution in [0.2, 0.25) is 0 Å². The van der Waals surface area contributed by atoms with Gasteiger partial charge in [-0.15, -0.1) is 0 Å². The normalized spacial score (nSPS) is 12.6. The number of benzene rings is 1. The van der Waals surface area contributed by atoms with Gasteiger partial charge in [-0.1, -0.05) is 12.1 Å². The van der Waals surface area contributed by atoms with Crippen LogP contribution in [0.4, 0.5) is 0 Å². The maximum atomic E-state index is 12.2. The van der Waals surface area contributed by atoms with Crippen molar-refractivity contribution < 1.29 is 9.90 Å². The van der Waals surface area contributed by atoms with E-state index >= 15 is 0 Å². The van der Waals surface area contributed by atoms with Gasteiger partial charge in [0.1, 0.15) is 11.9 Å². The van der Waals surface area contributed by atoms with E-state index in [-0.39, 0.29) is 5.56 Å². The Bertz CT molecular complexity index is 646. The molecule has 5 heteroatoms. The van der Waals surface area contributed by atoms with E-state index in [1.165, 1.54) is 11.5 Å². The van der Waals surface area contributed by atoms with Crippen LogP contribution in [0.1, 0.15) is 18.8 Å². The molecule has 1 aromatic heterocycles. The SMILES string of the molecule is Cc1nc2ccccc2c(=O)n1[C@H](C)C(=O)O. The van der Waals surface area contributed by atoms with E-state index in [2.05, 4.69) is 4.98 Å². The van der Waals surface area contributed by atoms with Crippen molar-refractivity contribution in [3.05, 3.63) is 40.4 Å². The maximum Gasteiger partial charge on any atom is 0.326 e. The fraction of sp³-hybridized carbons (Fsp3) is 0.250. The van der Waals surface area contributed by atoms with Crippen LogP contribution >= 0.6 is 0 Å². The van der Waals surface area contributed by atoms with Crippen LogP contribution in [0.3, 0.4) is 0 Å². The largest absolute Gasteiger partial charge is 0.480 e. The second kappa shape index (κ2) is 4.01. The zero-order chi connectivity index (χ0) is 12.6. The molecule has 0 radical (unpaired) electrons. The van der Waals surface area contributed by atoms with E-state index in [0.717, 1.165) is 0 Å². The van der Waals surface area contributed by atoms with Gasteiger partial charge in [-0.05, 0) is 26.0 Å². The molecule has 0 saturated carbocycles. The standard InChI is InChI=1S/C12H12N2O3/c1-7(12(16)17)14-8(2)13-10-6-4-3-5-9(10)11(14)15/h3-7H,1-2H3,(H,16,17)/t7-/m1/s1. The Balaban J connectivity index is 2.81. The van der Waals surface area contributed by atoms with Gasteiger partial charge in [-0.2, -0.15) is 0 Å². The summed E-state index contributed by atoms with van der Waals surface area (Å²) in [6.45, 7) is 3.10. The van der Waals surface area contributed by atoms with E-state index in [1.807, 2.05) is 0 Å². The quantitative estimate of drug-likeness (QED) is 0.848. The van der Waals surface area contributed by atoms with Crippen molar-refractivity contribution in [2.24, 2.45) is 0 Å². The van der Waals surface area contributed by atoms with Gasteiger partial charge in [0.05, 0.1) is 10.9 Å². The molecule has 1 heterocycles. The van der Waals surface area contributed by atoms with Gasteiger partial charge < -0.3 is 5.11 Å². The summed E-state index contributed by atoms with van der Waals surface area (Å²) in [7, 11) is 0. The van der Waals surface area contributed by atoms with Gasteiger partial charge in [-0.25, -0.2) is 9.78 Å². The molecule has 0 aliphatic heterocycles. The fourth-order valence-electron chi connectivity index (χ4n) is 1.82. The monoisotopic (exact) mass is 232 g/mol. The topological polar surface area (TPSA) is 72.2 Å². The van der Waals surface area contributed by atoms with Gasteiger partial charge in [0.25, 0.3) is 5.56 Å². The van der Waals surface area contributed by atoms with Gasteiger partial charge in [0, 0.05) is 0 Å². The van der Waals surface area contributed by atoms with Crippen molar-refractivity contribution >= 4 is 16.9 Å². The predicted molar refractivity (Wildman–Crippen MR) is 63.1 cm³/mol. The second-order valence-corrected chi connectivity index (χ2v) is 3.87. The Labute approximate surface area is 97.3 Å². The van der Waals surface area contributed by atoms with Crippen molar-refractivity contribution in [1.29, 1.82) is 0 Å². The molecule has 0 unspecified atom stereocenters. The summed E-state index contributed by atoms with van der Waals surface area (Å²) < 4.78 is 1.20. The lowest BCUT2D eigenvalue weighted by molar-refractivity contribution is -0.140. The molecule has 0 saturated heterocycles. The average molecular weight is 232 g/mol. The minimum absolute atomic E-state index is 0.317. The molecule has 2 aromatic rings. The van der Waals surface area contributed by atoms with E-state index in [1.54, 1.807) is 31.2 Å². The number of para-hydroxylation sites is 1. The molecule has 1 aromatic carbocycles. The third-order valence-corrected chi connectivity index (χ3v) is 2.73. The third-order valence-electron chi connectivity index (χ3n) is 2.73. The molecule has 2 rings (SSSR count). The molecule has 5 nitrogen and oxygen atoms in total. The molecule has 1 atom stereocenters. The van der Waals surface area contributed by atoms with Crippen LogP contribution in [0.5, 0.6) is 0 Å². The highest BCUT2D eigenvalue weighted by Crippen LogP contribution is 2.11. The van der Waals surface area contributed by atoms with Gasteiger partial charge in [0.2, 0.25) is 0 Å². The van der Waals surface area contributed by atoms with Crippen molar-refractivity contribution in [2.75, 3.05) is 0 Å². The number of aliphatic carboxylic acids is 1. The Hall–Kier alpha value is -2.17. The molecule has 0 fully saturated rings. The summed E-state index contributed by atoms with van der Waals surface area (Å²) in [5.74, 6) is -0.643. The number of aryl methyl sites for hydroxylation is 1. The lowest BCUT2D eigenvalue weighted by Gasteiger charge is -2.14. The average Bonchev–Trinajstić information content (AvgIpc) is 2.28. The van der Waals surface area contributed by atoms with Crippen molar-refractivity contribution in [2.45, 2.75) is 19.9 Å². The van der Waals surface area contributed by atoms with Gasteiger partial charge in [-0.3, -0.25) is 9.36 Å². The molecular formula is C12H12N2O3. The van der Waals surface area contributed by atoms with E-state index in [4.69, 9.17) is 5.11 Å². The molecular weight excluding hydrogens is 220 g/mol. The third kappa shape index (κ3) is 1.80. The molecule has 88 valence electrons. The first-order chi connectivity index (χ1) is 8.02. The summed E-state index contributed by atoms with van der Waals surface area (Å²) in [6.07, 6.45) is 0. The number of carboxylic acid groups (broad SMARTS) is 1. The van der Waals surface area contributed by atoms with E-state index in [0.29, 0.717) is 16.7 Å². The number of fused-ring (bicyclic) bond motifs is 1. The minimum Gasteiger partial charge on any atom is -0.480 e. The molecule has 0 aliphatic rings. The molecule has 0 bridgehead atoms. The van der Waals surface area contributed by atoms with Crippen LogP contribution in [0.15, 0.2) is 29.1 Å². The number of carbonyl (C=O) groups is 1. The van der Waals surface area contributed by atoms with Gasteiger partial charge >= 0.3 is 5.97 Å². The summed E-state index contributed by atoms with van der Waals surface area (Å²) in [5.41, 5.74) is 0.270. The Morgan fingerprint density at radius 2 is 2.06 bits per heavy atom. The minimum atomic E-state index is -1.05. The maximum absolute atomic E-state index is 12.2. The van der Waals surface area contributed by atoms with Crippen molar-refractivity contribution in [1.82, 2.24) is 9.55 Å². The first-order valence-corrected chi connectivity index (χ1v) is 5.23. The van der Waals surface area contributed by atoms with Crippen molar-refractivity contribution in [3.8, 4) is 0 Å². The summed E-state index contributed by atoms with van der Waals surface area (Å²) in [6, 6.07) is 5.99. The lowest BCUT2D eigenvalue weighted by atomic mass is 10.2. The van der Waals surface area contributed by atoms with E-state index < -0.39 is 12.0 Å². The lowest BCUT2D eigenvalue weighted by Crippen LogP contribution is -2.30. The van der Waals surface area contributed by atoms with Crippen LogP contribution in [-0.4, -0.2) is 20.6 Å². The first kappa shape index (κ1) is 11.3. The Morgan fingerprint density at radius 1 is 1.41 bits per heavy atom. The second-order valence-electron chi connectivity index (χ2n) is 3.87. The fourth-order valence-corrected chi connectivity index (χ4v) is 1.82. The zero-order valence-electron chi connectivity index (χ0n) is 9.54. The number of rotatable bonds is 2. The summed E-state index contributed by atoms with van der Waals surface area (Å²) in [5, 5.41) is 9.41. The summed E-state index contributed by atoms with van der Waals surface area (Å²) in [4.78, 5) is 27.3. The summed E-state index contributed by atoms with van der Waals surface area (Å²) >= 11 is 0. The molecule has 1 N–H and O–H groups in total. The predicted octanol–water partition coefficient (Wildman–Crippen LogP) is 1.35. The van der Waals surface area contributed by atoms with Crippen molar-refractivity contribution in [3.63, 3.8) is 0 Å². The molecule has 0 amide bonds. The highest BCUT2D eigenvalue weighted by Gasteiger charge is 2.18. The van der Waals surface area contributed by atoms with Crippen LogP contribution in [0, 0.1) is 6.92 Å². The van der Waals surface area contributed by atoms with Crippen LogP contribution in [-0.2, 0) is 4.79 Å². The van der Waals surface area contributed by atoms with Crippen LogP contribution in [0.25, 0.3) is 10.9 Å². The highest BCUT2D eigenvalue weighted by atomic mass is 16.4. The highest BCUT2D eigenvalue weighted by molar-refractivity contribution is 5.78. The number of carboxylic acids is 1. The number of hydrogen-bond acceptors (Lipinski definition) is 3. The zero-order valence-corrected chi connectivity index (χ0v) is 9.54. The Kier molecular flexibility index (Phi) is 2.67.